The maximum atomic E-state index is 12.3. The minimum atomic E-state index is -0.695. The van der Waals surface area contributed by atoms with Gasteiger partial charge in [-0.05, 0) is 24.1 Å². The van der Waals surface area contributed by atoms with Crippen LogP contribution in [0.25, 0.3) is 0 Å². The Kier molecular flexibility index (Phi) is 4.18. The molecule has 2 amide bonds. The van der Waals surface area contributed by atoms with Crippen LogP contribution >= 0.6 is 0 Å². The molecular weight excluding hydrogens is 310 g/mol. The van der Waals surface area contributed by atoms with Crippen molar-refractivity contribution >= 4 is 17.4 Å². The van der Waals surface area contributed by atoms with E-state index >= 15 is 0 Å². The van der Waals surface area contributed by atoms with Crippen LogP contribution in [-0.4, -0.2) is 22.2 Å². The maximum absolute atomic E-state index is 12.3. The predicted octanol–water partition coefficient (Wildman–Crippen LogP) is 2.68. The molecule has 0 aliphatic heterocycles. The summed E-state index contributed by atoms with van der Waals surface area (Å²) >= 11 is 0. The largest absolute Gasteiger partial charge is 0.390 e. The van der Waals surface area contributed by atoms with Gasteiger partial charge in [0.25, 0.3) is 5.69 Å². The molecule has 1 aliphatic rings. The summed E-state index contributed by atoms with van der Waals surface area (Å²) in [5.41, 5.74) is 2.57. The maximum Gasteiger partial charge on any atom is 0.319 e. The van der Waals surface area contributed by atoms with Gasteiger partial charge in [0.2, 0.25) is 0 Å². The highest BCUT2D eigenvalue weighted by Gasteiger charge is 2.32. The van der Waals surface area contributed by atoms with Crippen LogP contribution in [0.4, 0.5) is 16.2 Å². The van der Waals surface area contributed by atoms with Crippen LogP contribution in [0, 0.1) is 17.0 Å². The summed E-state index contributed by atoms with van der Waals surface area (Å²) in [6, 6.07) is 11.0. The molecule has 0 heterocycles. The number of fused-ring (bicyclic) bond motifs is 1. The number of nitrogens with zero attached hydrogens (tertiary/aromatic N) is 1. The van der Waals surface area contributed by atoms with Crippen molar-refractivity contribution in [1.29, 1.82) is 0 Å². The van der Waals surface area contributed by atoms with Crippen LogP contribution < -0.4 is 10.6 Å². The summed E-state index contributed by atoms with van der Waals surface area (Å²) in [6.07, 6.45) is -0.212. The summed E-state index contributed by atoms with van der Waals surface area (Å²) in [4.78, 5) is 22.7. The Morgan fingerprint density at radius 3 is 2.75 bits per heavy atom. The molecule has 1 aliphatic carbocycles. The lowest BCUT2D eigenvalue weighted by atomic mass is 10.1. The average Bonchev–Trinajstić information content (AvgIpc) is 2.85. The topological polar surface area (TPSA) is 104 Å². The molecule has 7 nitrogen and oxygen atoms in total. The normalized spacial score (nSPS) is 18.8. The van der Waals surface area contributed by atoms with Gasteiger partial charge in [-0.25, -0.2) is 4.79 Å². The van der Waals surface area contributed by atoms with Crippen molar-refractivity contribution in [2.24, 2.45) is 0 Å². The van der Waals surface area contributed by atoms with Gasteiger partial charge in [-0.1, -0.05) is 30.3 Å². The van der Waals surface area contributed by atoms with E-state index in [0.717, 1.165) is 11.1 Å². The molecule has 0 radical (unpaired) electrons. The molecule has 3 rings (SSSR count). The number of carbonyl (C=O) groups is 1. The third kappa shape index (κ3) is 2.93. The van der Waals surface area contributed by atoms with Crippen LogP contribution in [0.5, 0.6) is 0 Å². The number of benzene rings is 2. The van der Waals surface area contributed by atoms with Gasteiger partial charge < -0.3 is 15.7 Å². The zero-order valence-corrected chi connectivity index (χ0v) is 13.0. The minimum absolute atomic E-state index is 0.0564. The molecule has 0 saturated heterocycles. The SMILES string of the molecule is Cc1c(NC(=O)N[C@@H]2c3ccccc3C[C@@H]2O)cccc1[N+](=O)[O-]. The number of nitro benzene ring substituents is 1. The highest BCUT2D eigenvalue weighted by atomic mass is 16.6. The summed E-state index contributed by atoms with van der Waals surface area (Å²) in [6.45, 7) is 1.58. The standard InChI is InChI=1S/C17H17N3O4/c1-10-13(7-4-8-14(10)20(23)24)18-17(22)19-16-12-6-3-2-5-11(12)9-15(16)21/h2-8,15-16,21H,9H2,1H3,(H2,18,19,22)/t15-,16+/m0/s1. The first-order chi connectivity index (χ1) is 11.5. The second-order valence-electron chi connectivity index (χ2n) is 5.75. The van der Waals surface area contributed by atoms with Crippen LogP contribution in [0.15, 0.2) is 42.5 Å². The smallest absolute Gasteiger partial charge is 0.319 e. The van der Waals surface area contributed by atoms with E-state index in [1.54, 1.807) is 13.0 Å². The Morgan fingerprint density at radius 2 is 2.00 bits per heavy atom. The van der Waals surface area contributed by atoms with E-state index in [2.05, 4.69) is 10.6 Å². The number of hydrogen-bond acceptors (Lipinski definition) is 4. The second kappa shape index (κ2) is 6.29. The lowest BCUT2D eigenvalue weighted by Gasteiger charge is -2.19. The zero-order valence-electron chi connectivity index (χ0n) is 13.0. The number of urea groups is 1. The summed E-state index contributed by atoms with van der Waals surface area (Å²) in [7, 11) is 0. The van der Waals surface area contributed by atoms with Crippen LogP contribution in [0.2, 0.25) is 0 Å². The second-order valence-corrected chi connectivity index (χ2v) is 5.75. The van der Waals surface area contributed by atoms with E-state index < -0.39 is 23.1 Å². The Morgan fingerprint density at radius 1 is 1.25 bits per heavy atom. The molecule has 3 N–H and O–H groups in total. The molecule has 0 aromatic heterocycles. The minimum Gasteiger partial charge on any atom is -0.390 e. The molecule has 0 fully saturated rings. The third-order valence-electron chi connectivity index (χ3n) is 4.24. The van der Waals surface area contributed by atoms with Crippen LogP contribution in [0.3, 0.4) is 0 Å². The zero-order chi connectivity index (χ0) is 17.3. The quantitative estimate of drug-likeness (QED) is 0.595. The third-order valence-corrected chi connectivity index (χ3v) is 4.24. The summed E-state index contributed by atoms with van der Waals surface area (Å²) < 4.78 is 0. The fraction of sp³-hybridized carbons (Fsp3) is 0.235. The number of aliphatic hydroxyl groups excluding tert-OH is 1. The molecule has 24 heavy (non-hydrogen) atoms. The Hall–Kier alpha value is -2.93. The van der Waals surface area contributed by atoms with Crippen molar-refractivity contribution in [3.05, 3.63) is 69.3 Å². The van der Waals surface area contributed by atoms with Gasteiger partial charge in [-0.2, -0.15) is 0 Å². The molecule has 0 unspecified atom stereocenters. The fourth-order valence-electron chi connectivity index (χ4n) is 3.00. The Bertz CT molecular complexity index is 806. The van der Waals surface area contributed by atoms with Gasteiger partial charge in [-0.3, -0.25) is 10.1 Å². The molecule has 0 saturated carbocycles. The molecule has 2 atom stereocenters. The van der Waals surface area contributed by atoms with E-state index in [0.29, 0.717) is 17.7 Å². The average molecular weight is 327 g/mol. The molecule has 0 bridgehead atoms. The van der Waals surface area contributed by atoms with Gasteiger partial charge in [0.1, 0.15) is 0 Å². The van der Waals surface area contributed by atoms with E-state index in [-0.39, 0.29) is 5.69 Å². The van der Waals surface area contributed by atoms with Gasteiger partial charge in [0, 0.05) is 12.5 Å². The summed E-state index contributed by atoms with van der Waals surface area (Å²) in [5, 5.41) is 26.5. The van der Waals surface area contributed by atoms with Gasteiger partial charge >= 0.3 is 6.03 Å². The number of anilines is 1. The van der Waals surface area contributed by atoms with E-state index in [1.807, 2.05) is 24.3 Å². The first kappa shape index (κ1) is 15.9. The number of carbonyl (C=O) groups excluding carboxylic acids is 1. The van der Waals surface area contributed by atoms with Crippen LogP contribution in [-0.2, 0) is 6.42 Å². The van der Waals surface area contributed by atoms with Gasteiger partial charge in [0.05, 0.1) is 28.3 Å². The van der Waals surface area contributed by atoms with Gasteiger partial charge in [-0.15, -0.1) is 0 Å². The number of hydrogen-bond donors (Lipinski definition) is 3. The number of rotatable bonds is 3. The van der Waals surface area contributed by atoms with E-state index in [9.17, 15) is 20.0 Å². The molecular formula is C17H17N3O4. The lowest BCUT2D eigenvalue weighted by Crippen LogP contribution is -2.36. The monoisotopic (exact) mass is 327 g/mol. The number of nitrogens with one attached hydrogen (secondary N) is 2. The highest BCUT2D eigenvalue weighted by molar-refractivity contribution is 5.91. The van der Waals surface area contributed by atoms with Crippen molar-refractivity contribution in [2.75, 3.05) is 5.32 Å². The van der Waals surface area contributed by atoms with Crippen molar-refractivity contribution in [2.45, 2.75) is 25.5 Å². The van der Waals surface area contributed by atoms with Crippen molar-refractivity contribution < 1.29 is 14.8 Å². The van der Waals surface area contributed by atoms with E-state index in [1.165, 1.54) is 12.1 Å². The molecule has 7 heteroatoms. The number of nitro groups is 1. The van der Waals surface area contributed by atoms with Crippen molar-refractivity contribution in [1.82, 2.24) is 5.32 Å². The first-order valence-corrected chi connectivity index (χ1v) is 7.54. The fourth-order valence-corrected chi connectivity index (χ4v) is 3.00. The van der Waals surface area contributed by atoms with Crippen molar-refractivity contribution in [3.63, 3.8) is 0 Å². The molecule has 2 aromatic carbocycles. The number of aliphatic hydroxyl groups is 1. The lowest BCUT2D eigenvalue weighted by molar-refractivity contribution is -0.385. The molecule has 2 aromatic rings. The first-order valence-electron chi connectivity index (χ1n) is 7.54. The molecule has 124 valence electrons. The van der Waals surface area contributed by atoms with Crippen LogP contribution in [0.1, 0.15) is 22.7 Å². The molecule has 0 spiro atoms. The Balaban J connectivity index is 1.75. The predicted molar refractivity (Wildman–Crippen MR) is 88.9 cm³/mol. The van der Waals surface area contributed by atoms with Gasteiger partial charge in [0.15, 0.2) is 0 Å². The highest BCUT2D eigenvalue weighted by Crippen LogP contribution is 2.31. The van der Waals surface area contributed by atoms with Crippen molar-refractivity contribution in [3.8, 4) is 0 Å². The number of amides is 2. The Labute approximate surface area is 138 Å². The summed E-state index contributed by atoms with van der Waals surface area (Å²) in [5.74, 6) is 0. The van der Waals surface area contributed by atoms with E-state index in [4.69, 9.17) is 0 Å².